The van der Waals surface area contributed by atoms with Crippen molar-refractivity contribution >= 4 is 11.6 Å². The minimum absolute atomic E-state index is 0.0431. The molecule has 7 heteroatoms. The molecule has 5 rings (SSSR count). The maximum Gasteiger partial charge on any atom is 0.224 e. The van der Waals surface area contributed by atoms with Gasteiger partial charge in [0.1, 0.15) is 11.6 Å². The van der Waals surface area contributed by atoms with Crippen LogP contribution >= 0.6 is 0 Å². The highest BCUT2D eigenvalue weighted by molar-refractivity contribution is 5.95. The Bertz CT molecular complexity index is 1120. The summed E-state index contributed by atoms with van der Waals surface area (Å²) >= 11 is 0. The van der Waals surface area contributed by atoms with E-state index in [2.05, 4.69) is 28.2 Å². The van der Waals surface area contributed by atoms with E-state index >= 15 is 0 Å². The molecular weight excluding hydrogens is 378 g/mol. The second-order valence-electron chi connectivity index (χ2n) is 8.20. The van der Waals surface area contributed by atoms with Gasteiger partial charge in [0.25, 0.3) is 0 Å². The summed E-state index contributed by atoms with van der Waals surface area (Å²) in [7, 11) is 0. The average molecular weight is 403 g/mol. The molecule has 0 radical (unpaired) electrons. The Morgan fingerprint density at radius 1 is 1.20 bits per heavy atom. The van der Waals surface area contributed by atoms with Gasteiger partial charge >= 0.3 is 0 Å². The number of amides is 1. The Kier molecular flexibility index (Phi) is 4.53. The summed E-state index contributed by atoms with van der Waals surface area (Å²) in [5.41, 5.74) is 3.94. The van der Waals surface area contributed by atoms with Gasteiger partial charge in [0.05, 0.1) is 17.9 Å². The van der Waals surface area contributed by atoms with Crippen molar-refractivity contribution in [3.63, 3.8) is 0 Å². The second-order valence-corrected chi connectivity index (χ2v) is 8.20. The van der Waals surface area contributed by atoms with Gasteiger partial charge in [0.2, 0.25) is 11.8 Å². The number of anilines is 1. The molecule has 0 bridgehead atoms. The van der Waals surface area contributed by atoms with Gasteiger partial charge in [-0.1, -0.05) is 0 Å². The highest BCUT2D eigenvalue weighted by atomic mass is 16.5. The van der Waals surface area contributed by atoms with Crippen LogP contribution in [0, 0.1) is 6.92 Å². The Morgan fingerprint density at radius 2 is 2.03 bits per heavy atom. The molecule has 0 N–H and O–H groups in total. The molecule has 1 saturated carbocycles. The topological polar surface area (TPSA) is 73.1 Å². The zero-order valence-electron chi connectivity index (χ0n) is 17.5. The van der Waals surface area contributed by atoms with E-state index in [1.807, 2.05) is 34.8 Å². The van der Waals surface area contributed by atoms with Gasteiger partial charge in [-0.05, 0) is 51.7 Å². The Labute approximate surface area is 175 Å². The molecule has 3 aromatic rings. The molecule has 1 aliphatic heterocycles. The minimum Gasteiger partial charge on any atom is -0.438 e. The van der Waals surface area contributed by atoms with E-state index in [0.29, 0.717) is 17.7 Å². The molecule has 0 spiro atoms. The lowest BCUT2D eigenvalue weighted by atomic mass is 9.92. The third-order valence-corrected chi connectivity index (χ3v) is 5.88. The largest absolute Gasteiger partial charge is 0.438 e. The van der Waals surface area contributed by atoms with Crippen molar-refractivity contribution in [1.82, 2.24) is 19.7 Å². The number of hydrogen-bond donors (Lipinski definition) is 0. The van der Waals surface area contributed by atoms with Crippen LogP contribution < -0.4 is 9.64 Å². The first-order chi connectivity index (χ1) is 14.5. The molecule has 0 saturated heterocycles. The van der Waals surface area contributed by atoms with Gasteiger partial charge in [0, 0.05) is 48.1 Å². The van der Waals surface area contributed by atoms with Gasteiger partial charge in [-0.2, -0.15) is 10.1 Å². The number of aromatic nitrogens is 4. The summed E-state index contributed by atoms with van der Waals surface area (Å²) in [6, 6.07) is 6.50. The standard InChI is InChI=1S/C23H25N5O2/c1-14-4-7-20-21(28(14)16(3)29)9-8-19(17-12-25-27(13-17)18-5-6-18)23(20)30-22-10-11-24-15(2)26-22/h8-14,18H,4-7H2,1-3H3/t14-/m0/s1. The first-order valence-corrected chi connectivity index (χ1v) is 10.5. The van der Waals surface area contributed by atoms with Crippen molar-refractivity contribution in [3.05, 3.63) is 48.2 Å². The Morgan fingerprint density at radius 3 is 2.77 bits per heavy atom. The molecule has 2 aromatic heterocycles. The molecule has 1 fully saturated rings. The van der Waals surface area contributed by atoms with E-state index in [-0.39, 0.29) is 11.9 Å². The molecule has 0 unspecified atom stereocenters. The quantitative estimate of drug-likeness (QED) is 0.643. The van der Waals surface area contributed by atoms with E-state index in [4.69, 9.17) is 4.74 Å². The highest BCUT2D eigenvalue weighted by Crippen LogP contribution is 2.45. The number of benzene rings is 1. The molecule has 1 aliphatic carbocycles. The van der Waals surface area contributed by atoms with Crippen LogP contribution in [0.2, 0.25) is 0 Å². The van der Waals surface area contributed by atoms with Crippen LogP contribution in [0.3, 0.4) is 0 Å². The fraction of sp³-hybridized carbons (Fsp3) is 0.391. The molecule has 2 aliphatic rings. The zero-order valence-corrected chi connectivity index (χ0v) is 17.5. The summed E-state index contributed by atoms with van der Waals surface area (Å²) in [6.45, 7) is 5.55. The van der Waals surface area contributed by atoms with Crippen LogP contribution in [0.25, 0.3) is 11.1 Å². The summed E-state index contributed by atoms with van der Waals surface area (Å²) in [5.74, 6) is 1.94. The number of aryl methyl sites for hydroxylation is 1. The van der Waals surface area contributed by atoms with Gasteiger partial charge in [-0.3, -0.25) is 9.48 Å². The zero-order chi connectivity index (χ0) is 20.8. The smallest absolute Gasteiger partial charge is 0.224 e. The van der Waals surface area contributed by atoms with Crippen molar-refractivity contribution in [2.24, 2.45) is 0 Å². The van der Waals surface area contributed by atoms with E-state index in [1.54, 1.807) is 19.2 Å². The van der Waals surface area contributed by atoms with Crippen LogP contribution in [-0.4, -0.2) is 31.7 Å². The van der Waals surface area contributed by atoms with Crippen molar-refractivity contribution in [2.45, 2.75) is 58.5 Å². The van der Waals surface area contributed by atoms with Crippen LogP contribution in [0.15, 0.2) is 36.8 Å². The summed E-state index contributed by atoms with van der Waals surface area (Å²) < 4.78 is 8.40. The first-order valence-electron chi connectivity index (χ1n) is 10.5. The molecule has 3 heterocycles. The molecule has 30 heavy (non-hydrogen) atoms. The number of ether oxygens (including phenoxy) is 1. The summed E-state index contributed by atoms with van der Waals surface area (Å²) in [4.78, 5) is 22.8. The number of rotatable bonds is 4. The average Bonchev–Trinajstić information content (AvgIpc) is 3.45. The van der Waals surface area contributed by atoms with Crippen LogP contribution in [0.4, 0.5) is 5.69 Å². The first kappa shape index (κ1) is 18.8. The minimum atomic E-state index is 0.0431. The third kappa shape index (κ3) is 3.34. The fourth-order valence-corrected chi connectivity index (χ4v) is 4.24. The van der Waals surface area contributed by atoms with Crippen LogP contribution in [0.1, 0.15) is 50.5 Å². The van der Waals surface area contributed by atoms with Gasteiger partial charge in [-0.25, -0.2) is 4.98 Å². The third-order valence-electron chi connectivity index (χ3n) is 5.88. The molecular formula is C23H25N5O2. The van der Waals surface area contributed by atoms with Crippen molar-refractivity contribution in [1.29, 1.82) is 0 Å². The normalized spacial score (nSPS) is 18.2. The SMILES string of the molecule is CC(=O)N1c2ccc(-c3cnn(C4CC4)c3)c(Oc3ccnc(C)n3)c2CC[C@@H]1C. The van der Waals surface area contributed by atoms with E-state index in [0.717, 1.165) is 41.0 Å². The second kappa shape index (κ2) is 7.23. The van der Waals surface area contributed by atoms with Crippen LogP contribution in [0.5, 0.6) is 11.6 Å². The van der Waals surface area contributed by atoms with E-state index < -0.39 is 0 Å². The van der Waals surface area contributed by atoms with Crippen molar-refractivity contribution in [2.75, 3.05) is 4.90 Å². The number of hydrogen-bond acceptors (Lipinski definition) is 5. The summed E-state index contributed by atoms with van der Waals surface area (Å²) in [6.07, 6.45) is 9.77. The van der Waals surface area contributed by atoms with Gasteiger partial charge in [-0.15, -0.1) is 0 Å². The predicted octanol–water partition coefficient (Wildman–Crippen LogP) is 4.46. The molecule has 154 valence electrons. The lowest BCUT2D eigenvalue weighted by Crippen LogP contribution is -2.40. The number of fused-ring (bicyclic) bond motifs is 1. The van der Waals surface area contributed by atoms with E-state index in [9.17, 15) is 4.79 Å². The summed E-state index contributed by atoms with van der Waals surface area (Å²) in [5, 5.41) is 4.56. The molecule has 1 atom stereocenters. The maximum atomic E-state index is 12.4. The lowest BCUT2D eigenvalue weighted by molar-refractivity contribution is -0.117. The molecule has 7 nitrogen and oxygen atoms in total. The lowest BCUT2D eigenvalue weighted by Gasteiger charge is -2.35. The predicted molar refractivity (Wildman–Crippen MR) is 114 cm³/mol. The van der Waals surface area contributed by atoms with Crippen molar-refractivity contribution in [3.8, 4) is 22.8 Å². The van der Waals surface area contributed by atoms with Crippen molar-refractivity contribution < 1.29 is 9.53 Å². The Hall–Kier alpha value is -3.22. The van der Waals surface area contributed by atoms with Gasteiger partial charge in [0.15, 0.2) is 0 Å². The van der Waals surface area contributed by atoms with Gasteiger partial charge < -0.3 is 9.64 Å². The number of nitrogens with zero attached hydrogens (tertiary/aromatic N) is 5. The number of carbonyl (C=O) groups is 1. The monoisotopic (exact) mass is 403 g/mol. The Balaban J connectivity index is 1.65. The number of carbonyl (C=O) groups excluding carboxylic acids is 1. The maximum absolute atomic E-state index is 12.4. The highest BCUT2D eigenvalue weighted by Gasteiger charge is 2.31. The fourth-order valence-electron chi connectivity index (χ4n) is 4.24. The van der Waals surface area contributed by atoms with Crippen LogP contribution in [-0.2, 0) is 11.2 Å². The molecule has 1 amide bonds. The molecule has 1 aromatic carbocycles. The van der Waals surface area contributed by atoms with E-state index in [1.165, 1.54) is 12.8 Å².